The Labute approximate surface area is 191 Å². The lowest BCUT2D eigenvalue weighted by atomic mass is 10.0. The SMILES string of the molecule is CC1(C)c2[nH]nc(Nc3ncnc4ccccc34)c2CN1C(=O)NC1C[C@H]1c1ccccc1. The standard InChI is InChI=1S/C25H25N7O/c1-25(2)21-18(13-32(25)24(33)28-20-12-17(20)15-8-4-3-5-9-15)23(31-30-21)29-22-16-10-6-7-11-19(16)26-14-27-22/h3-11,14,17,20H,12-13H2,1-2H3,(H,28,33)(H2,26,27,29,30,31)/t17-,20?/m0/s1. The molecule has 2 aliphatic rings. The number of hydrogen-bond acceptors (Lipinski definition) is 5. The summed E-state index contributed by atoms with van der Waals surface area (Å²) in [6.45, 7) is 4.56. The van der Waals surface area contributed by atoms with E-state index >= 15 is 0 Å². The van der Waals surface area contributed by atoms with Crippen molar-refractivity contribution in [2.75, 3.05) is 5.32 Å². The topological polar surface area (TPSA) is 98.8 Å². The molecule has 3 heterocycles. The van der Waals surface area contributed by atoms with Crippen LogP contribution in [0.1, 0.15) is 43.0 Å². The zero-order valence-corrected chi connectivity index (χ0v) is 18.5. The molecule has 4 aromatic rings. The van der Waals surface area contributed by atoms with E-state index in [2.05, 4.69) is 42.9 Å². The first-order valence-electron chi connectivity index (χ1n) is 11.2. The average molecular weight is 440 g/mol. The summed E-state index contributed by atoms with van der Waals surface area (Å²) in [5, 5.41) is 15.2. The summed E-state index contributed by atoms with van der Waals surface area (Å²) < 4.78 is 0. The van der Waals surface area contributed by atoms with Crippen LogP contribution in [0.25, 0.3) is 10.9 Å². The van der Waals surface area contributed by atoms with E-state index < -0.39 is 5.54 Å². The minimum absolute atomic E-state index is 0.0496. The maximum atomic E-state index is 13.2. The molecule has 33 heavy (non-hydrogen) atoms. The van der Waals surface area contributed by atoms with Gasteiger partial charge in [-0.05, 0) is 38.0 Å². The highest BCUT2D eigenvalue weighted by atomic mass is 16.2. The molecular weight excluding hydrogens is 414 g/mol. The second-order valence-corrected chi connectivity index (χ2v) is 9.24. The third-order valence-corrected chi connectivity index (χ3v) is 6.82. The summed E-state index contributed by atoms with van der Waals surface area (Å²) in [4.78, 5) is 23.8. The maximum Gasteiger partial charge on any atom is 0.318 e. The first-order chi connectivity index (χ1) is 16.0. The van der Waals surface area contributed by atoms with Crippen LogP contribution in [-0.2, 0) is 12.1 Å². The number of nitrogens with one attached hydrogen (secondary N) is 3. The van der Waals surface area contributed by atoms with Gasteiger partial charge in [0, 0.05) is 22.9 Å². The molecule has 8 heteroatoms. The molecule has 6 rings (SSSR count). The Bertz CT molecular complexity index is 1340. The van der Waals surface area contributed by atoms with Crippen LogP contribution < -0.4 is 10.6 Å². The smallest absolute Gasteiger partial charge is 0.318 e. The van der Waals surface area contributed by atoms with Gasteiger partial charge in [-0.1, -0.05) is 42.5 Å². The van der Waals surface area contributed by atoms with Gasteiger partial charge in [-0.3, -0.25) is 5.10 Å². The quantitative estimate of drug-likeness (QED) is 0.437. The summed E-state index contributed by atoms with van der Waals surface area (Å²) in [6, 6.07) is 18.3. The Morgan fingerprint density at radius 2 is 1.85 bits per heavy atom. The monoisotopic (exact) mass is 439 g/mol. The molecule has 0 radical (unpaired) electrons. The van der Waals surface area contributed by atoms with Crippen molar-refractivity contribution >= 4 is 28.6 Å². The van der Waals surface area contributed by atoms with Crippen LogP contribution in [0.5, 0.6) is 0 Å². The Kier molecular flexibility index (Phi) is 4.36. The lowest BCUT2D eigenvalue weighted by Crippen LogP contribution is -2.47. The fourth-order valence-electron chi connectivity index (χ4n) is 4.82. The number of urea groups is 1. The minimum atomic E-state index is -0.503. The van der Waals surface area contributed by atoms with Gasteiger partial charge in [0.1, 0.15) is 12.1 Å². The third kappa shape index (κ3) is 3.29. The van der Waals surface area contributed by atoms with Gasteiger partial charge < -0.3 is 15.5 Å². The van der Waals surface area contributed by atoms with Crippen LogP contribution >= 0.6 is 0 Å². The maximum absolute atomic E-state index is 13.2. The molecule has 3 N–H and O–H groups in total. The van der Waals surface area contributed by atoms with Crippen LogP contribution in [0, 0.1) is 0 Å². The summed E-state index contributed by atoms with van der Waals surface area (Å²) in [5.41, 5.74) is 3.56. The number of amides is 2. The number of H-pyrrole nitrogens is 1. The van der Waals surface area contributed by atoms with Crippen molar-refractivity contribution in [3.8, 4) is 0 Å². The molecule has 0 bridgehead atoms. The largest absolute Gasteiger partial charge is 0.335 e. The van der Waals surface area contributed by atoms with Gasteiger partial charge in [0.2, 0.25) is 0 Å². The van der Waals surface area contributed by atoms with Gasteiger partial charge in [0.15, 0.2) is 5.82 Å². The molecule has 166 valence electrons. The zero-order chi connectivity index (χ0) is 22.6. The van der Waals surface area contributed by atoms with Gasteiger partial charge in [-0.2, -0.15) is 5.10 Å². The number of rotatable bonds is 4. The summed E-state index contributed by atoms with van der Waals surface area (Å²) in [7, 11) is 0. The van der Waals surface area contributed by atoms with E-state index in [9.17, 15) is 4.79 Å². The fraction of sp³-hybridized carbons (Fsp3) is 0.280. The highest BCUT2D eigenvalue weighted by molar-refractivity contribution is 5.90. The zero-order valence-electron chi connectivity index (χ0n) is 18.5. The highest BCUT2D eigenvalue weighted by Crippen LogP contribution is 2.44. The molecule has 2 amide bonds. The predicted molar refractivity (Wildman–Crippen MR) is 126 cm³/mol. The van der Waals surface area contributed by atoms with Crippen molar-refractivity contribution in [2.24, 2.45) is 0 Å². The van der Waals surface area contributed by atoms with E-state index in [1.165, 1.54) is 5.56 Å². The van der Waals surface area contributed by atoms with Crippen LogP contribution in [0.3, 0.4) is 0 Å². The van der Waals surface area contributed by atoms with Crippen LogP contribution in [0.4, 0.5) is 16.4 Å². The van der Waals surface area contributed by atoms with Crippen molar-refractivity contribution in [2.45, 2.75) is 44.3 Å². The lowest BCUT2D eigenvalue weighted by molar-refractivity contribution is 0.142. The molecule has 2 aromatic heterocycles. The van der Waals surface area contributed by atoms with Crippen molar-refractivity contribution < 1.29 is 4.79 Å². The second kappa shape index (κ2) is 7.30. The normalized spacial score (nSPS) is 20.5. The van der Waals surface area contributed by atoms with Crippen LogP contribution in [0.2, 0.25) is 0 Å². The number of hydrogen-bond donors (Lipinski definition) is 3. The summed E-state index contributed by atoms with van der Waals surface area (Å²) in [5.74, 6) is 1.77. The molecular formula is C25H25N7O. The van der Waals surface area contributed by atoms with E-state index in [0.717, 1.165) is 28.6 Å². The van der Waals surface area contributed by atoms with Crippen molar-refractivity contribution in [1.82, 2.24) is 30.4 Å². The number of benzene rings is 2. The Balaban J connectivity index is 1.21. The summed E-state index contributed by atoms with van der Waals surface area (Å²) in [6.07, 6.45) is 2.52. The number of aromatic nitrogens is 4. The molecule has 1 unspecified atom stereocenters. The van der Waals surface area contributed by atoms with E-state index in [1.807, 2.05) is 61.2 Å². The van der Waals surface area contributed by atoms with Crippen molar-refractivity contribution in [3.05, 3.63) is 77.7 Å². The van der Waals surface area contributed by atoms with Crippen molar-refractivity contribution in [3.63, 3.8) is 0 Å². The molecule has 2 atom stereocenters. The van der Waals surface area contributed by atoms with Gasteiger partial charge in [0.25, 0.3) is 0 Å². The molecule has 0 saturated heterocycles. The fourth-order valence-corrected chi connectivity index (χ4v) is 4.82. The van der Waals surface area contributed by atoms with Gasteiger partial charge >= 0.3 is 6.03 Å². The molecule has 1 fully saturated rings. The molecule has 0 spiro atoms. The number of carbonyl (C=O) groups is 1. The number of fused-ring (bicyclic) bond motifs is 2. The Morgan fingerprint density at radius 1 is 1.06 bits per heavy atom. The first kappa shape index (κ1) is 19.7. The number of aromatic amines is 1. The summed E-state index contributed by atoms with van der Waals surface area (Å²) >= 11 is 0. The highest BCUT2D eigenvalue weighted by Gasteiger charge is 2.46. The first-order valence-corrected chi connectivity index (χ1v) is 11.2. The predicted octanol–water partition coefficient (Wildman–Crippen LogP) is 4.41. The minimum Gasteiger partial charge on any atom is -0.335 e. The molecule has 8 nitrogen and oxygen atoms in total. The van der Waals surface area contributed by atoms with Crippen LogP contribution in [-0.4, -0.2) is 37.1 Å². The molecule has 1 saturated carbocycles. The van der Waals surface area contributed by atoms with E-state index in [-0.39, 0.29) is 12.1 Å². The second-order valence-electron chi connectivity index (χ2n) is 9.24. The van der Waals surface area contributed by atoms with Gasteiger partial charge in [-0.25, -0.2) is 14.8 Å². The lowest BCUT2D eigenvalue weighted by Gasteiger charge is -2.32. The van der Waals surface area contributed by atoms with Crippen molar-refractivity contribution in [1.29, 1.82) is 0 Å². The Hall–Kier alpha value is -3.94. The number of anilines is 2. The number of carbonyl (C=O) groups excluding carboxylic acids is 1. The number of para-hydroxylation sites is 1. The van der Waals surface area contributed by atoms with E-state index in [4.69, 9.17) is 0 Å². The van der Waals surface area contributed by atoms with E-state index in [0.29, 0.717) is 24.1 Å². The van der Waals surface area contributed by atoms with E-state index in [1.54, 1.807) is 6.33 Å². The van der Waals surface area contributed by atoms with Gasteiger partial charge in [-0.15, -0.1) is 0 Å². The molecule has 1 aliphatic heterocycles. The Morgan fingerprint density at radius 3 is 2.70 bits per heavy atom. The average Bonchev–Trinajstić information content (AvgIpc) is 3.38. The third-order valence-electron chi connectivity index (χ3n) is 6.82. The van der Waals surface area contributed by atoms with Gasteiger partial charge in [0.05, 0.1) is 23.3 Å². The number of nitrogens with zero attached hydrogens (tertiary/aromatic N) is 4. The molecule has 2 aromatic carbocycles. The molecule has 1 aliphatic carbocycles. The van der Waals surface area contributed by atoms with Crippen LogP contribution in [0.15, 0.2) is 60.9 Å².